The van der Waals surface area contributed by atoms with Gasteiger partial charge in [0.25, 0.3) is 0 Å². The van der Waals surface area contributed by atoms with Gasteiger partial charge in [0.15, 0.2) is 0 Å². The predicted octanol–water partition coefficient (Wildman–Crippen LogP) is 5.58. The lowest BCUT2D eigenvalue weighted by molar-refractivity contribution is 1.06. The maximum atomic E-state index is 6.03. The van der Waals surface area contributed by atoms with E-state index >= 15 is 0 Å². The Morgan fingerprint density at radius 3 is 2.04 bits per heavy atom. The fraction of sp³-hybridized carbons (Fsp3) is 0.0588. The average molecular weight is 345 g/mol. The molecule has 23 heavy (non-hydrogen) atoms. The number of para-hydroxylation sites is 1. The Labute approximate surface area is 144 Å². The van der Waals surface area contributed by atoms with E-state index in [-0.39, 0.29) is 0 Å². The molecular weight excluding hydrogens is 331 g/mol. The van der Waals surface area contributed by atoms with Crippen LogP contribution in [0.2, 0.25) is 10.0 Å². The number of anilines is 4. The Balaban J connectivity index is 1.83. The van der Waals surface area contributed by atoms with Gasteiger partial charge >= 0.3 is 0 Å². The highest BCUT2D eigenvalue weighted by atomic mass is 35.5. The van der Waals surface area contributed by atoms with Crippen molar-refractivity contribution in [2.75, 3.05) is 10.6 Å². The lowest BCUT2D eigenvalue weighted by Crippen LogP contribution is -2.01. The van der Waals surface area contributed by atoms with Gasteiger partial charge < -0.3 is 10.6 Å². The molecule has 6 heteroatoms. The van der Waals surface area contributed by atoms with Gasteiger partial charge in [-0.05, 0) is 37.3 Å². The third kappa shape index (κ3) is 4.12. The highest BCUT2D eigenvalue weighted by Crippen LogP contribution is 2.27. The first kappa shape index (κ1) is 15.6. The summed E-state index contributed by atoms with van der Waals surface area (Å²) in [5, 5.41) is 7.46. The molecule has 0 amide bonds. The lowest BCUT2D eigenvalue weighted by atomic mass is 10.3. The van der Waals surface area contributed by atoms with Crippen LogP contribution in [0.3, 0.4) is 0 Å². The van der Waals surface area contributed by atoms with Gasteiger partial charge in [-0.3, -0.25) is 0 Å². The zero-order valence-corrected chi connectivity index (χ0v) is 13.9. The van der Waals surface area contributed by atoms with E-state index < -0.39 is 0 Å². The molecule has 0 saturated heterocycles. The summed E-state index contributed by atoms with van der Waals surface area (Å²) in [5.41, 5.74) is 1.77. The van der Waals surface area contributed by atoms with Crippen molar-refractivity contribution >= 4 is 46.2 Å². The van der Waals surface area contributed by atoms with Crippen LogP contribution in [-0.2, 0) is 0 Å². The van der Waals surface area contributed by atoms with Gasteiger partial charge in [0.1, 0.15) is 17.5 Å². The fourth-order valence-corrected chi connectivity index (χ4v) is 2.38. The average Bonchev–Trinajstić information content (AvgIpc) is 2.51. The van der Waals surface area contributed by atoms with Gasteiger partial charge in [-0.1, -0.05) is 41.4 Å². The maximum Gasteiger partial charge on any atom is 0.136 e. The molecule has 0 aliphatic carbocycles. The van der Waals surface area contributed by atoms with E-state index in [9.17, 15) is 0 Å². The van der Waals surface area contributed by atoms with Crippen molar-refractivity contribution in [3.8, 4) is 0 Å². The second-order valence-corrected chi connectivity index (χ2v) is 5.74. The zero-order valence-electron chi connectivity index (χ0n) is 12.3. The second kappa shape index (κ2) is 6.86. The number of nitrogens with zero attached hydrogens (tertiary/aromatic N) is 2. The van der Waals surface area contributed by atoms with Crippen LogP contribution in [0, 0.1) is 6.92 Å². The fourth-order valence-electron chi connectivity index (χ4n) is 2.09. The van der Waals surface area contributed by atoms with E-state index in [2.05, 4.69) is 20.6 Å². The predicted molar refractivity (Wildman–Crippen MR) is 96.2 cm³/mol. The molecule has 0 radical (unpaired) electrons. The first-order chi connectivity index (χ1) is 11.1. The Morgan fingerprint density at radius 2 is 1.39 bits per heavy atom. The summed E-state index contributed by atoms with van der Waals surface area (Å²) in [5.74, 6) is 2.05. The summed E-state index contributed by atoms with van der Waals surface area (Å²) in [7, 11) is 0. The monoisotopic (exact) mass is 344 g/mol. The third-order valence-corrected chi connectivity index (χ3v) is 3.82. The van der Waals surface area contributed by atoms with Crippen LogP contribution in [-0.4, -0.2) is 9.97 Å². The molecule has 0 unspecified atom stereocenters. The van der Waals surface area contributed by atoms with Crippen LogP contribution in [0.1, 0.15) is 5.82 Å². The standard InChI is InChI=1S/C17H14Cl2N4/c1-11-20-16(22-12-5-3-2-4-6-12)10-17(21-11)23-13-7-8-14(18)15(19)9-13/h2-10H,1H3,(H2,20,21,22,23). The lowest BCUT2D eigenvalue weighted by Gasteiger charge is -2.10. The van der Waals surface area contributed by atoms with Crippen molar-refractivity contribution in [2.24, 2.45) is 0 Å². The van der Waals surface area contributed by atoms with Crippen molar-refractivity contribution in [1.29, 1.82) is 0 Å². The van der Waals surface area contributed by atoms with Gasteiger partial charge in [0, 0.05) is 17.4 Å². The Morgan fingerprint density at radius 1 is 0.739 bits per heavy atom. The van der Waals surface area contributed by atoms with E-state index in [0.29, 0.717) is 27.5 Å². The van der Waals surface area contributed by atoms with Crippen molar-refractivity contribution in [3.05, 3.63) is 70.5 Å². The van der Waals surface area contributed by atoms with E-state index in [0.717, 1.165) is 11.4 Å². The number of nitrogens with one attached hydrogen (secondary N) is 2. The summed E-state index contributed by atoms with van der Waals surface area (Å²) >= 11 is 12.0. The van der Waals surface area contributed by atoms with Crippen LogP contribution >= 0.6 is 23.2 Å². The molecule has 0 spiro atoms. The Bertz CT molecular complexity index is 822. The number of halogens is 2. The molecule has 2 aromatic carbocycles. The summed E-state index contributed by atoms with van der Waals surface area (Å²) in [4.78, 5) is 8.78. The molecule has 3 rings (SSSR count). The molecule has 0 atom stereocenters. The van der Waals surface area contributed by atoms with E-state index in [1.54, 1.807) is 12.1 Å². The van der Waals surface area contributed by atoms with E-state index in [4.69, 9.17) is 23.2 Å². The number of hydrogen-bond acceptors (Lipinski definition) is 4. The largest absolute Gasteiger partial charge is 0.340 e. The summed E-state index contributed by atoms with van der Waals surface area (Å²) in [6, 6.07) is 17.0. The summed E-state index contributed by atoms with van der Waals surface area (Å²) < 4.78 is 0. The van der Waals surface area contributed by atoms with Crippen LogP contribution in [0.5, 0.6) is 0 Å². The number of hydrogen-bond donors (Lipinski definition) is 2. The Kier molecular flexibility index (Phi) is 4.65. The van der Waals surface area contributed by atoms with Crippen molar-refractivity contribution in [3.63, 3.8) is 0 Å². The normalized spacial score (nSPS) is 10.4. The molecule has 1 heterocycles. The van der Waals surface area contributed by atoms with Gasteiger partial charge in [-0.15, -0.1) is 0 Å². The van der Waals surface area contributed by atoms with Gasteiger partial charge in [0.05, 0.1) is 10.0 Å². The van der Waals surface area contributed by atoms with Gasteiger partial charge in [-0.2, -0.15) is 0 Å². The molecule has 0 fully saturated rings. The molecule has 0 saturated carbocycles. The number of aromatic nitrogens is 2. The molecule has 0 aliphatic rings. The van der Waals surface area contributed by atoms with E-state index in [1.807, 2.05) is 49.4 Å². The summed E-state index contributed by atoms with van der Waals surface area (Å²) in [6.07, 6.45) is 0. The van der Waals surface area contributed by atoms with E-state index in [1.165, 1.54) is 0 Å². The number of rotatable bonds is 4. The minimum atomic E-state index is 0.491. The quantitative estimate of drug-likeness (QED) is 0.648. The topological polar surface area (TPSA) is 49.8 Å². The molecule has 0 aliphatic heterocycles. The van der Waals surface area contributed by atoms with Crippen LogP contribution in [0.15, 0.2) is 54.6 Å². The van der Waals surface area contributed by atoms with Crippen LogP contribution in [0.25, 0.3) is 0 Å². The van der Waals surface area contributed by atoms with Crippen LogP contribution in [0.4, 0.5) is 23.0 Å². The molecule has 3 aromatic rings. The molecule has 1 aromatic heterocycles. The molecule has 2 N–H and O–H groups in total. The number of aryl methyl sites for hydroxylation is 1. The van der Waals surface area contributed by atoms with Gasteiger partial charge in [0.2, 0.25) is 0 Å². The van der Waals surface area contributed by atoms with Crippen molar-refractivity contribution in [2.45, 2.75) is 6.92 Å². The highest BCUT2D eigenvalue weighted by Gasteiger charge is 2.05. The minimum absolute atomic E-state index is 0.491. The first-order valence-corrected chi connectivity index (χ1v) is 7.75. The SMILES string of the molecule is Cc1nc(Nc2ccccc2)cc(Nc2ccc(Cl)c(Cl)c2)n1. The molecule has 116 valence electrons. The highest BCUT2D eigenvalue weighted by molar-refractivity contribution is 6.42. The first-order valence-electron chi connectivity index (χ1n) is 7.00. The second-order valence-electron chi connectivity index (χ2n) is 4.93. The van der Waals surface area contributed by atoms with Crippen molar-refractivity contribution < 1.29 is 0 Å². The van der Waals surface area contributed by atoms with Crippen molar-refractivity contribution in [1.82, 2.24) is 9.97 Å². The van der Waals surface area contributed by atoms with Gasteiger partial charge in [-0.25, -0.2) is 9.97 Å². The third-order valence-electron chi connectivity index (χ3n) is 3.08. The Hall–Kier alpha value is -2.30. The summed E-state index contributed by atoms with van der Waals surface area (Å²) in [6.45, 7) is 1.84. The zero-order chi connectivity index (χ0) is 16.2. The smallest absolute Gasteiger partial charge is 0.136 e. The molecule has 0 bridgehead atoms. The number of benzene rings is 2. The van der Waals surface area contributed by atoms with Crippen LogP contribution < -0.4 is 10.6 Å². The minimum Gasteiger partial charge on any atom is -0.340 e. The molecular formula is C17H14Cl2N4. The maximum absolute atomic E-state index is 6.03. The molecule has 4 nitrogen and oxygen atoms in total.